The molecule has 0 saturated heterocycles. The van der Waals surface area contributed by atoms with Crippen molar-refractivity contribution in [2.24, 2.45) is 10.9 Å². The van der Waals surface area contributed by atoms with Gasteiger partial charge in [0.1, 0.15) is 5.75 Å². The number of hydrogen-bond acceptors (Lipinski definition) is 2. The molecular weight excluding hydrogens is 377 g/mol. The lowest BCUT2D eigenvalue weighted by Crippen LogP contribution is -2.44. The minimum absolute atomic E-state index is 0. The van der Waals surface area contributed by atoms with Gasteiger partial charge in [-0.15, -0.1) is 24.0 Å². The maximum atomic E-state index is 9.23. The Morgan fingerprint density at radius 1 is 1.19 bits per heavy atom. The van der Waals surface area contributed by atoms with Crippen LogP contribution in [0.1, 0.15) is 32.8 Å². The molecule has 1 aromatic carbocycles. The number of nitrogens with one attached hydrogen (secondary N) is 2. The number of phenols is 1. The Labute approximate surface area is 145 Å². The van der Waals surface area contributed by atoms with Crippen LogP contribution in [0.2, 0.25) is 0 Å². The molecule has 3 N–H and O–H groups in total. The van der Waals surface area contributed by atoms with Crippen LogP contribution in [0.5, 0.6) is 5.75 Å². The summed E-state index contributed by atoms with van der Waals surface area (Å²) in [6.45, 7) is 7.42. The van der Waals surface area contributed by atoms with Crippen molar-refractivity contribution in [3.63, 3.8) is 0 Å². The standard InChI is InChI=1S/C16H27N3O.HI/c1-12(2)13(3)19-16(17-4)18-11-5-6-14-7-9-15(20)10-8-14;/h7-10,12-13,20H,5-6,11H2,1-4H3,(H2,17,18,19);1H. The molecule has 0 heterocycles. The van der Waals surface area contributed by atoms with Gasteiger partial charge in [0.2, 0.25) is 0 Å². The summed E-state index contributed by atoms with van der Waals surface area (Å²) in [6.07, 6.45) is 2.02. The molecule has 0 saturated carbocycles. The quantitative estimate of drug-likeness (QED) is 0.295. The number of guanidine groups is 1. The highest BCUT2D eigenvalue weighted by Gasteiger charge is 2.08. The number of rotatable bonds is 6. The molecule has 0 fully saturated rings. The van der Waals surface area contributed by atoms with Crippen LogP contribution in [-0.4, -0.2) is 30.7 Å². The Hall–Kier alpha value is -0.980. The zero-order valence-corrected chi connectivity index (χ0v) is 15.7. The van der Waals surface area contributed by atoms with Gasteiger partial charge in [-0.3, -0.25) is 4.99 Å². The molecular formula is C16H28IN3O. The third-order valence-corrected chi connectivity index (χ3v) is 3.46. The van der Waals surface area contributed by atoms with Gasteiger partial charge in [-0.25, -0.2) is 0 Å². The van der Waals surface area contributed by atoms with E-state index >= 15 is 0 Å². The van der Waals surface area contributed by atoms with E-state index in [0.29, 0.717) is 17.7 Å². The lowest BCUT2D eigenvalue weighted by Gasteiger charge is -2.20. The van der Waals surface area contributed by atoms with Gasteiger partial charge in [-0.05, 0) is 43.4 Å². The summed E-state index contributed by atoms with van der Waals surface area (Å²) in [5.74, 6) is 1.75. The summed E-state index contributed by atoms with van der Waals surface area (Å²) in [4.78, 5) is 4.23. The van der Waals surface area contributed by atoms with E-state index in [2.05, 4.69) is 36.4 Å². The minimum atomic E-state index is 0. The summed E-state index contributed by atoms with van der Waals surface area (Å²) < 4.78 is 0. The predicted molar refractivity (Wildman–Crippen MR) is 101 cm³/mol. The lowest BCUT2D eigenvalue weighted by atomic mass is 10.1. The fourth-order valence-electron chi connectivity index (χ4n) is 1.74. The molecule has 0 aromatic heterocycles. The van der Waals surface area contributed by atoms with E-state index < -0.39 is 0 Å². The normalized spacial score (nSPS) is 12.7. The number of phenolic OH excluding ortho intramolecular Hbond substituents is 1. The van der Waals surface area contributed by atoms with E-state index in [1.54, 1.807) is 19.2 Å². The predicted octanol–water partition coefficient (Wildman–Crippen LogP) is 3.15. The molecule has 0 amide bonds. The van der Waals surface area contributed by atoms with Gasteiger partial charge in [0.25, 0.3) is 0 Å². The second kappa shape index (κ2) is 10.7. The second-order valence-electron chi connectivity index (χ2n) is 5.45. The Kier molecular flexibility index (Phi) is 10.2. The van der Waals surface area contributed by atoms with Crippen molar-refractivity contribution in [2.45, 2.75) is 39.7 Å². The topological polar surface area (TPSA) is 56.7 Å². The summed E-state index contributed by atoms with van der Waals surface area (Å²) >= 11 is 0. The van der Waals surface area contributed by atoms with Crippen molar-refractivity contribution in [3.05, 3.63) is 29.8 Å². The summed E-state index contributed by atoms with van der Waals surface area (Å²) in [5.41, 5.74) is 1.24. The van der Waals surface area contributed by atoms with Crippen LogP contribution < -0.4 is 10.6 Å². The van der Waals surface area contributed by atoms with Crippen molar-refractivity contribution in [1.82, 2.24) is 10.6 Å². The number of aliphatic imine (C=N–C) groups is 1. The number of benzene rings is 1. The molecule has 0 aliphatic rings. The average molecular weight is 405 g/mol. The molecule has 1 atom stereocenters. The van der Waals surface area contributed by atoms with Gasteiger partial charge in [-0.2, -0.15) is 0 Å². The van der Waals surface area contributed by atoms with E-state index in [-0.39, 0.29) is 24.0 Å². The highest BCUT2D eigenvalue weighted by atomic mass is 127. The first-order chi connectivity index (χ1) is 9.52. The number of nitrogens with zero attached hydrogens (tertiary/aromatic N) is 1. The van der Waals surface area contributed by atoms with Crippen LogP contribution in [0.15, 0.2) is 29.3 Å². The average Bonchev–Trinajstić information content (AvgIpc) is 2.43. The van der Waals surface area contributed by atoms with Crippen LogP contribution in [0, 0.1) is 5.92 Å². The van der Waals surface area contributed by atoms with E-state index in [9.17, 15) is 5.11 Å². The van der Waals surface area contributed by atoms with Crippen LogP contribution >= 0.6 is 24.0 Å². The zero-order chi connectivity index (χ0) is 15.0. The summed E-state index contributed by atoms with van der Waals surface area (Å²) in [7, 11) is 1.79. The second-order valence-corrected chi connectivity index (χ2v) is 5.45. The van der Waals surface area contributed by atoms with Crippen LogP contribution in [-0.2, 0) is 6.42 Å². The molecule has 0 aliphatic carbocycles. The molecule has 0 aliphatic heterocycles. The van der Waals surface area contributed by atoms with Gasteiger partial charge in [0.15, 0.2) is 5.96 Å². The first-order valence-electron chi connectivity index (χ1n) is 7.28. The maximum Gasteiger partial charge on any atom is 0.191 e. The summed E-state index contributed by atoms with van der Waals surface area (Å²) in [5, 5.41) is 15.9. The highest BCUT2D eigenvalue weighted by molar-refractivity contribution is 14.0. The van der Waals surface area contributed by atoms with E-state index in [1.165, 1.54) is 5.56 Å². The molecule has 4 nitrogen and oxygen atoms in total. The molecule has 1 unspecified atom stereocenters. The molecule has 120 valence electrons. The van der Waals surface area contributed by atoms with Crippen molar-refractivity contribution in [2.75, 3.05) is 13.6 Å². The van der Waals surface area contributed by atoms with E-state index in [4.69, 9.17) is 0 Å². The van der Waals surface area contributed by atoms with Crippen molar-refractivity contribution < 1.29 is 5.11 Å². The fraction of sp³-hybridized carbons (Fsp3) is 0.562. The fourth-order valence-corrected chi connectivity index (χ4v) is 1.74. The van der Waals surface area contributed by atoms with Gasteiger partial charge in [0.05, 0.1) is 0 Å². The Morgan fingerprint density at radius 3 is 2.33 bits per heavy atom. The lowest BCUT2D eigenvalue weighted by molar-refractivity contribution is 0.475. The smallest absolute Gasteiger partial charge is 0.191 e. The molecule has 0 radical (unpaired) electrons. The number of aromatic hydroxyl groups is 1. The molecule has 0 bridgehead atoms. The van der Waals surface area contributed by atoms with Crippen LogP contribution in [0.3, 0.4) is 0 Å². The van der Waals surface area contributed by atoms with Crippen molar-refractivity contribution >= 4 is 29.9 Å². The number of halogens is 1. The molecule has 5 heteroatoms. The maximum absolute atomic E-state index is 9.23. The van der Waals surface area contributed by atoms with Crippen LogP contribution in [0.4, 0.5) is 0 Å². The minimum Gasteiger partial charge on any atom is -0.508 e. The SMILES string of the molecule is CN=C(NCCCc1ccc(O)cc1)NC(C)C(C)C.I. The van der Waals surface area contributed by atoms with E-state index in [1.807, 2.05) is 12.1 Å². The van der Waals surface area contributed by atoms with E-state index in [0.717, 1.165) is 25.3 Å². The summed E-state index contributed by atoms with van der Waals surface area (Å²) in [6, 6.07) is 7.78. The molecule has 21 heavy (non-hydrogen) atoms. The van der Waals surface area contributed by atoms with Gasteiger partial charge in [0, 0.05) is 19.6 Å². The van der Waals surface area contributed by atoms with Crippen LogP contribution in [0.25, 0.3) is 0 Å². The molecule has 1 rings (SSSR count). The number of hydrogen-bond donors (Lipinski definition) is 3. The number of aryl methyl sites for hydroxylation is 1. The Balaban J connectivity index is 0.00000400. The molecule has 1 aromatic rings. The van der Waals surface area contributed by atoms with Gasteiger partial charge >= 0.3 is 0 Å². The third-order valence-electron chi connectivity index (χ3n) is 3.46. The van der Waals surface area contributed by atoms with Gasteiger partial charge < -0.3 is 15.7 Å². The monoisotopic (exact) mass is 405 g/mol. The van der Waals surface area contributed by atoms with Crippen molar-refractivity contribution in [1.29, 1.82) is 0 Å². The first kappa shape index (κ1) is 20.0. The molecule has 0 spiro atoms. The Bertz CT molecular complexity index is 418. The van der Waals surface area contributed by atoms with Gasteiger partial charge in [-0.1, -0.05) is 26.0 Å². The largest absolute Gasteiger partial charge is 0.508 e. The third kappa shape index (κ3) is 8.14. The zero-order valence-electron chi connectivity index (χ0n) is 13.4. The first-order valence-corrected chi connectivity index (χ1v) is 7.28. The Morgan fingerprint density at radius 2 is 1.81 bits per heavy atom. The highest BCUT2D eigenvalue weighted by Crippen LogP contribution is 2.10. The van der Waals surface area contributed by atoms with Crippen molar-refractivity contribution in [3.8, 4) is 5.75 Å².